The summed E-state index contributed by atoms with van der Waals surface area (Å²) in [5.74, 6) is -0.259. The quantitative estimate of drug-likeness (QED) is 0.435. The number of fused-ring (bicyclic) bond motifs is 1. The number of carbonyl (C=O) groups is 4. The van der Waals surface area contributed by atoms with Gasteiger partial charge in [0.25, 0.3) is 5.91 Å². The van der Waals surface area contributed by atoms with Crippen LogP contribution in [0.4, 0.5) is 4.79 Å². The minimum atomic E-state index is -0.796. The summed E-state index contributed by atoms with van der Waals surface area (Å²) in [6.45, 7) is 0.367. The van der Waals surface area contributed by atoms with Crippen molar-refractivity contribution in [2.45, 2.75) is 37.6 Å². The third kappa shape index (κ3) is 3.76. The zero-order valence-electron chi connectivity index (χ0n) is 15.9. The van der Waals surface area contributed by atoms with Crippen LogP contribution >= 0.6 is 0 Å². The van der Waals surface area contributed by atoms with Gasteiger partial charge in [0.15, 0.2) is 23.9 Å². The molecule has 1 N–H and O–H groups in total. The van der Waals surface area contributed by atoms with E-state index in [1.54, 1.807) is 18.2 Å². The van der Waals surface area contributed by atoms with E-state index >= 15 is 0 Å². The van der Waals surface area contributed by atoms with Gasteiger partial charge in [-0.15, -0.1) is 0 Å². The molecule has 29 heavy (non-hydrogen) atoms. The molecule has 9 nitrogen and oxygen atoms in total. The Hall–Kier alpha value is -3.10. The number of hydrogen-bond donors (Lipinski definition) is 1. The van der Waals surface area contributed by atoms with Gasteiger partial charge in [0.1, 0.15) is 18.8 Å². The average molecular weight is 402 g/mol. The van der Waals surface area contributed by atoms with Crippen LogP contribution in [-0.2, 0) is 14.3 Å². The van der Waals surface area contributed by atoms with E-state index in [2.05, 4.69) is 5.32 Å². The molecular weight excluding hydrogens is 380 g/mol. The highest BCUT2D eigenvalue weighted by Gasteiger charge is 2.52. The number of ether oxygens (including phenoxy) is 3. The number of ketones is 1. The zero-order valence-corrected chi connectivity index (χ0v) is 15.9. The molecule has 1 aromatic carbocycles. The van der Waals surface area contributed by atoms with Crippen LogP contribution in [0.5, 0.6) is 11.5 Å². The highest BCUT2D eigenvalue weighted by Crippen LogP contribution is 2.35. The fourth-order valence-electron chi connectivity index (χ4n) is 3.92. The van der Waals surface area contributed by atoms with Crippen LogP contribution in [-0.4, -0.2) is 60.5 Å². The molecule has 1 spiro atoms. The number of benzene rings is 1. The molecule has 2 heterocycles. The lowest BCUT2D eigenvalue weighted by Crippen LogP contribution is -2.44. The van der Waals surface area contributed by atoms with E-state index in [4.69, 9.17) is 14.2 Å². The van der Waals surface area contributed by atoms with E-state index in [-0.39, 0.29) is 24.7 Å². The number of Topliss-reactive ketones (excluding diaryl/α,β-unsaturated/α-hetero) is 1. The first-order valence-electron chi connectivity index (χ1n) is 9.71. The Morgan fingerprint density at radius 1 is 1.10 bits per heavy atom. The maximum Gasteiger partial charge on any atom is 0.325 e. The lowest BCUT2D eigenvalue weighted by atomic mass is 9.98. The number of nitrogens with one attached hydrogen (secondary N) is 1. The molecule has 154 valence electrons. The molecule has 1 aromatic rings. The molecule has 9 heteroatoms. The number of nitrogens with zero attached hydrogens (tertiary/aromatic N) is 1. The monoisotopic (exact) mass is 402 g/mol. The van der Waals surface area contributed by atoms with Crippen molar-refractivity contribution in [2.24, 2.45) is 0 Å². The number of amides is 3. The first-order valence-corrected chi connectivity index (χ1v) is 9.71. The van der Waals surface area contributed by atoms with Crippen molar-refractivity contribution in [3.63, 3.8) is 0 Å². The summed E-state index contributed by atoms with van der Waals surface area (Å²) < 4.78 is 15.9. The van der Waals surface area contributed by atoms with E-state index < -0.39 is 24.1 Å². The Morgan fingerprint density at radius 3 is 2.59 bits per heavy atom. The Morgan fingerprint density at radius 2 is 1.83 bits per heavy atom. The van der Waals surface area contributed by atoms with Gasteiger partial charge in [0.05, 0.1) is 6.42 Å². The van der Waals surface area contributed by atoms with Gasteiger partial charge >= 0.3 is 12.0 Å². The van der Waals surface area contributed by atoms with Crippen LogP contribution < -0.4 is 14.8 Å². The van der Waals surface area contributed by atoms with Gasteiger partial charge in [-0.1, -0.05) is 12.8 Å². The predicted octanol–water partition coefficient (Wildman–Crippen LogP) is 1.44. The molecule has 4 rings (SSSR count). The summed E-state index contributed by atoms with van der Waals surface area (Å²) in [6.07, 6.45) is 2.88. The molecule has 0 radical (unpaired) electrons. The predicted molar refractivity (Wildman–Crippen MR) is 98.8 cm³/mol. The maximum atomic E-state index is 12.5. The second-order valence-electron chi connectivity index (χ2n) is 7.37. The summed E-state index contributed by atoms with van der Waals surface area (Å²) in [7, 11) is 0. The summed E-state index contributed by atoms with van der Waals surface area (Å²) in [4.78, 5) is 50.0. The van der Waals surface area contributed by atoms with Crippen LogP contribution in [0.15, 0.2) is 18.2 Å². The second-order valence-corrected chi connectivity index (χ2v) is 7.37. The van der Waals surface area contributed by atoms with Crippen molar-refractivity contribution in [3.05, 3.63) is 23.8 Å². The number of carbonyl (C=O) groups excluding carboxylic acids is 4. The number of rotatable bonds is 6. The zero-order chi connectivity index (χ0) is 20.4. The first-order chi connectivity index (χ1) is 14.0. The number of imide groups is 1. The summed E-state index contributed by atoms with van der Waals surface area (Å²) in [5, 5.41) is 2.76. The Kier molecular flexibility index (Phi) is 5.12. The Balaban J connectivity index is 1.26. The Labute approximate surface area is 167 Å². The minimum absolute atomic E-state index is 0.0660. The fourth-order valence-corrected chi connectivity index (χ4v) is 3.92. The van der Waals surface area contributed by atoms with E-state index in [0.717, 1.165) is 17.7 Å². The van der Waals surface area contributed by atoms with Crippen molar-refractivity contribution in [1.29, 1.82) is 0 Å². The normalized spacial score (nSPS) is 19.4. The van der Waals surface area contributed by atoms with Crippen molar-refractivity contribution in [1.82, 2.24) is 10.2 Å². The van der Waals surface area contributed by atoms with E-state index in [1.165, 1.54) is 0 Å². The van der Waals surface area contributed by atoms with Crippen LogP contribution in [0.3, 0.4) is 0 Å². The Bertz CT molecular complexity index is 860. The topological polar surface area (TPSA) is 111 Å². The third-order valence-electron chi connectivity index (χ3n) is 5.47. The van der Waals surface area contributed by atoms with Gasteiger partial charge < -0.3 is 19.5 Å². The summed E-state index contributed by atoms with van der Waals surface area (Å²) in [6, 6.07) is 4.30. The van der Waals surface area contributed by atoms with Gasteiger partial charge in [-0.25, -0.2) is 4.79 Å². The van der Waals surface area contributed by atoms with Crippen molar-refractivity contribution in [2.75, 3.05) is 26.4 Å². The lowest BCUT2D eigenvalue weighted by molar-refractivity contribution is -0.143. The van der Waals surface area contributed by atoms with Crippen LogP contribution in [0.2, 0.25) is 0 Å². The molecule has 1 aliphatic carbocycles. The second kappa shape index (κ2) is 7.73. The van der Waals surface area contributed by atoms with Crippen molar-refractivity contribution in [3.8, 4) is 11.5 Å². The molecule has 0 bridgehead atoms. The molecule has 0 atom stereocenters. The van der Waals surface area contributed by atoms with Gasteiger partial charge in [0.2, 0.25) is 0 Å². The molecule has 1 saturated heterocycles. The average Bonchev–Trinajstić information content (AvgIpc) is 3.29. The van der Waals surface area contributed by atoms with Crippen LogP contribution in [0.25, 0.3) is 0 Å². The fraction of sp³-hybridized carbons (Fsp3) is 0.500. The smallest absolute Gasteiger partial charge is 0.325 e. The van der Waals surface area contributed by atoms with Gasteiger partial charge in [-0.2, -0.15) is 0 Å². The summed E-state index contributed by atoms with van der Waals surface area (Å²) >= 11 is 0. The molecule has 2 fully saturated rings. The highest BCUT2D eigenvalue weighted by molar-refractivity contribution is 6.07. The minimum Gasteiger partial charge on any atom is -0.486 e. The number of urea groups is 1. The summed E-state index contributed by atoms with van der Waals surface area (Å²) in [5.41, 5.74) is -0.450. The third-order valence-corrected chi connectivity index (χ3v) is 5.47. The molecular formula is C20H22N2O7. The standard InChI is InChI=1S/C20H22N2O7/c23-14(13-3-4-15-16(11-13)28-10-9-27-15)12-29-17(24)5-8-22-18(25)20(21-19(22)26)6-1-2-7-20/h3-4,11H,1-2,5-10,12H2,(H,21,26). The van der Waals surface area contributed by atoms with Gasteiger partial charge in [-0.3, -0.25) is 19.3 Å². The van der Waals surface area contributed by atoms with E-state index in [9.17, 15) is 19.2 Å². The number of esters is 1. The molecule has 3 amide bonds. The molecule has 1 saturated carbocycles. The van der Waals surface area contributed by atoms with Crippen molar-refractivity contribution < 1.29 is 33.4 Å². The van der Waals surface area contributed by atoms with E-state index in [1.807, 2.05) is 0 Å². The van der Waals surface area contributed by atoms with Gasteiger partial charge in [-0.05, 0) is 31.0 Å². The molecule has 0 unspecified atom stereocenters. The maximum absolute atomic E-state index is 12.5. The lowest BCUT2D eigenvalue weighted by Gasteiger charge is -2.19. The SMILES string of the molecule is O=C(CCN1C(=O)NC2(CCCC2)C1=O)OCC(=O)c1ccc2c(c1)OCCO2. The first kappa shape index (κ1) is 19.2. The van der Waals surface area contributed by atoms with Crippen molar-refractivity contribution >= 4 is 23.7 Å². The van der Waals surface area contributed by atoms with Crippen LogP contribution in [0, 0.1) is 0 Å². The van der Waals surface area contributed by atoms with Gasteiger partial charge in [0, 0.05) is 12.1 Å². The van der Waals surface area contributed by atoms with Crippen LogP contribution in [0.1, 0.15) is 42.5 Å². The van der Waals surface area contributed by atoms with E-state index in [0.29, 0.717) is 43.1 Å². The molecule has 0 aromatic heterocycles. The molecule has 3 aliphatic rings. The number of hydrogen-bond acceptors (Lipinski definition) is 7. The highest BCUT2D eigenvalue weighted by atomic mass is 16.6. The largest absolute Gasteiger partial charge is 0.486 e. The molecule has 2 aliphatic heterocycles.